The zero-order valence-electron chi connectivity index (χ0n) is 13.5. The van der Waals surface area contributed by atoms with E-state index in [0.29, 0.717) is 24.3 Å². The van der Waals surface area contributed by atoms with Crippen molar-refractivity contribution in [2.45, 2.75) is 18.9 Å². The third-order valence-corrected chi connectivity index (χ3v) is 4.61. The van der Waals surface area contributed by atoms with E-state index in [2.05, 4.69) is 0 Å². The SMILES string of the molecule is Cl.Nc1ccccc1C(=O)N1CCC(C(O)c2ccccc2)CC1. The predicted octanol–water partition coefficient (Wildman–Crippen LogP) is 3.28. The first-order valence-electron chi connectivity index (χ1n) is 8.03. The van der Waals surface area contributed by atoms with Gasteiger partial charge < -0.3 is 15.7 Å². The van der Waals surface area contributed by atoms with Crippen LogP contribution in [0.25, 0.3) is 0 Å². The van der Waals surface area contributed by atoms with Crippen LogP contribution in [0.4, 0.5) is 5.69 Å². The number of anilines is 1. The third kappa shape index (κ3) is 3.89. The fraction of sp³-hybridized carbons (Fsp3) is 0.316. The van der Waals surface area contributed by atoms with E-state index in [-0.39, 0.29) is 24.2 Å². The molecule has 3 rings (SSSR count). The molecule has 1 aliphatic heterocycles. The molecule has 1 heterocycles. The van der Waals surface area contributed by atoms with Gasteiger partial charge in [-0.3, -0.25) is 4.79 Å². The highest BCUT2D eigenvalue weighted by Gasteiger charge is 2.29. The maximum absolute atomic E-state index is 12.6. The number of benzene rings is 2. The number of carbonyl (C=O) groups is 1. The van der Waals surface area contributed by atoms with Crippen molar-refractivity contribution in [3.05, 3.63) is 65.7 Å². The molecule has 4 nitrogen and oxygen atoms in total. The smallest absolute Gasteiger partial charge is 0.255 e. The summed E-state index contributed by atoms with van der Waals surface area (Å²) in [4.78, 5) is 14.4. The molecule has 1 amide bonds. The zero-order chi connectivity index (χ0) is 16.2. The van der Waals surface area contributed by atoms with Gasteiger partial charge in [0, 0.05) is 18.8 Å². The van der Waals surface area contributed by atoms with Crippen LogP contribution in [0, 0.1) is 5.92 Å². The third-order valence-electron chi connectivity index (χ3n) is 4.61. The number of amides is 1. The molecule has 2 aromatic carbocycles. The van der Waals surface area contributed by atoms with Crippen LogP contribution in [0.2, 0.25) is 0 Å². The molecule has 1 fully saturated rings. The van der Waals surface area contributed by atoms with Gasteiger partial charge in [-0.15, -0.1) is 12.4 Å². The first-order chi connectivity index (χ1) is 11.2. The van der Waals surface area contributed by atoms with Gasteiger partial charge in [0.15, 0.2) is 0 Å². The van der Waals surface area contributed by atoms with Crippen molar-refractivity contribution in [1.29, 1.82) is 0 Å². The fourth-order valence-electron chi connectivity index (χ4n) is 3.20. The number of hydrogen-bond acceptors (Lipinski definition) is 3. The molecule has 5 heteroatoms. The van der Waals surface area contributed by atoms with Crippen LogP contribution < -0.4 is 5.73 Å². The molecular weight excluding hydrogens is 324 g/mol. The molecule has 24 heavy (non-hydrogen) atoms. The molecular formula is C19H23ClN2O2. The number of hydrogen-bond donors (Lipinski definition) is 2. The van der Waals surface area contributed by atoms with Gasteiger partial charge in [0.2, 0.25) is 0 Å². The van der Waals surface area contributed by atoms with E-state index in [1.54, 1.807) is 12.1 Å². The van der Waals surface area contributed by atoms with Crippen LogP contribution in [0.5, 0.6) is 0 Å². The monoisotopic (exact) mass is 346 g/mol. The average molecular weight is 347 g/mol. The molecule has 0 aromatic heterocycles. The highest BCUT2D eigenvalue weighted by Crippen LogP contribution is 2.31. The van der Waals surface area contributed by atoms with Crippen molar-refractivity contribution < 1.29 is 9.90 Å². The fourth-order valence-corrected chi connectivity index (χ4v) is 3.20. The molecule has 3 N–H and O–H groups in total. The number of likely N-dealkylation sites (tertiary alicyclic amines) is 1. The summed E-state index contributed by atoms with van der Waals surface area (Å²) in [6, 6.07) is 16.9. The number of piperidine rings is 1. The standard InChI is InChI=1S/C19H22N2O2.ClH/c20-17-9-5-4-8-16(17)19(23)21-12-10-15(11-13-21)18(22)14-6-2-1-3-7-14;/h1-9,15,18,22H,10-13,20H2;1H. The Morgan fingerprint density at radius 3 is 2.25 bits per heavy atom. The lowest BCUT2D eigenvalue weighted by atomic mass is 9.87. The molecule has 1 aliphatic rings. The molecule has 1 saturated heterocycles. The molecule has 1 unspecified atom stereocenters. The number of halogens is 1. The molecule has 0 saturated carbocycles. The van der Waals surface area contributed by atoms with Gasteiger partial charge in [-0.25, -0.2) is 0 Å². The Kier molecular flexibility index (Phi) is 6.23. The van der Waals surface area contributed by atoms with Gasteiger partial charge in [-0.2, -0.15) is 0 Å². The topological polar surface area (TPSA) is 66.6 Å². The summed E-state index contributed by atoms with van der Waals surface area (Å²) >= 11 is 0. The van der Waals surface area contributed by atoms with E-state index in [4.69, 9.17) is 5.73 Å². The van der Waals surface area contributed by atoms with Crippen LogP contribution in [0.1, 0.15) is 34.9 Å². The molecule has 0 radical (unpaired) electrons. The minimum Gasteiger partial charge on any atom is -0.398 e. The summed E-state index contributed by atoms with van der Waals surface area (Å²) in [7, 11) is 0. The second-order valence-electron chi connectivity index (χ2n) is 6.07. The number of nitrogens with two attached hydrogens (primary N) is 1. The first kappa shape index (κ1) is 18.3. The number of aliphatic hydroxyl groups excluding tert-OH is 1. The summed E-state index contributed by atoms with van der Waals surface area (Å²) in [5.74, 6) is 0.172. The molecule has 0 bridgehead atoms. The summed E-state index contributed by atoms with van der Waals surface area (Å²) in [5, 5.41) is 10.5. The number of rotatable bonds is 3. The number of aliphatic hydroxyl groups is 1. The van der Waals surface area contributed by atoms with E-state index in [0.717, 1.165) is 18.4 Å². The largest absolute Gasteiger partial charge is 0.398 e. The number of para-hydroxylation sites is 1. The molecule has 0 aliphatic carbocycles. The average Bonchev–Trinajstić information content (AvgIpc) is 2.62. The Balaban J connectivity index is 0.00000208. The number of nitrogen functional groups attached to an aromatic ring is 1. The first-order valence-corrected chi connectivity index (χ1v) is 8.03. The van der Waals surface area contributed by atoms with Crippen molar-refractivity contribution in [2.24, 2.45) is 5.92 Å². The molecule has 2 aromatic rings. The van der Waals surface area contributed by atoms with Crippen molar-refractivity contribution in [3.8, 4) is 0 Å². The lowest BCUT2D eigenvalue weighted by Gasteiger charge is -2.34. The van der Waals surface area contributed by atoms with Gasteiger partial charge in [-0.05, 0) is 36.5 Å². The Hall–Kier alpha value is -2.04. The van der Waals surface area contributed by atoms with Crippen LogP contribution in [0.15, 0.2) is 54.6 Å². The van der Waals surface area contributed by atoms with Crippen molar-refractivity contribution >= 4 is 24.0 Å². The lowest BCUT2D eigenvalue weighted by Crippen LogP contribution is -2.40. The van der Waals surface area contributed by atoms with Crippen LogP contribution in [-0.2, 0) is 0 Å². The second kappa shape index (κ2) is 8.18. The minimum absolute atomic E-state index is 0. The Bertz CT molecular complexity index is 670. The van der Waals surface area contributed by atoms with Gasteiger partial charge in [0.25, 0.3) is 5.91 Å². The van der Waals surface area contributed by atoms with Gasteiger partial charge >= 0.3 is 0 Å². The second-order valence-corrected chi connectivity index (χ2v) is 6.07. The van der Waals surface area contributed by atoms with Gasteiger partial charge in [0.1, 0.15) is 0 Å². The summed E-state index contributed by atoms with van der Waals surface area (Å²) in [6.45, 7) is 1.31. The summed E-state index contributed by atoms with van der Waals surface area (Å²) in [6.07, 6.45) is 1.14. The normalized spacial score (nSPS) is 16.3. The predicted molar refractivity (Wildman–Crippen MR) is 98.1 cm³/mol. The van der Waals surface area contributed by atoms with E-state index in [1.165, 1.54) is 0 Å². The van der Waals surface area contributed by atoms with Crippen molar-refractivity contribution in [3.63, 3.8) is 0 Å². The highest BCUT2D eigenvalue weighted by molar-refractivity contribution is 5.99. The van der Waals surface area contributed by atoms with Crippen LogP contribution in [-0.4, -0.2) is 29.0 Å². The van der Waals surface area contributed by atoms with Crippen molar-refractivity contribution in [2.75, 3.05) is 18.8 Å². The minimum atomic E-state index is -0.463. The lowest BCUT2D eigenvalue weighted by molar-refractivity contribution is 0.0463. The Morgan fingerprint density at radius 2 is 1.62 bits per heavy atom. The Labute approximate surface area is 148 Å². The molecule has 0 spiro atoms. The van der Waals surface area contributed by atoms with E-state index >= 15 is 0 Å². The Morgan fingerprint density at radius 1 is 1.04 bits per heavy atom. The maximum atomic E-state index is 12.6. The zero-order valence-corrected chi connectivity index (χ0v) is 14.3. The van der Waals surface area contributed by atoms with Gasteiger partial charge in [-0.1, -0.05) is 42.5 Å². The quantitative estimate of drug-likeness (QED) is 0.838. The van der Waals surface area contributed by atoms with Crippen molar-refractivity contribution in [1.82, 2.24) is 4.90 Å². The number of nitrogens with zero attached hydrogens (tertiary/aromatic N) is 1. The highest BCUT2D eigenvalue weighted by atomic mass is 35.5. The van der Waals surface area contributed by atoms with Crippen LogP contribution in [0.3, 0.4) is 0 Å². The van der Waals surface area contributed by atoms with Crippen LogP contribution >= 0.6 is 12.4 Å². The van der Waals surface area contributed by atoms with E-state index in [1.807, 2.05) is 47.4 Å². The number of carbonyl (C=O) groups excluding carboxylic acids is 1. The van der Waals surface area contributed by atoms with E-state index < -0.39 is 6.10 Å². The molecule has 1 atom stereocenters. The van der Waals surface area contributed by atoms with Gasteiger partial charge in [0.05, 0.1) is 11.7 Å². The maximum Gasteiger partial charge on any atom is 0.255 e. The summed E-state index contributed by atoms with van der Waals surface area (Å²) < 4.78 is 0. The molecule has 128 valence electrons. The summed E-state index contributed by atoms with van der Waals surface area (Å²) in [5.41, 5.74) is 7.92. The van der Waals surface area contributed by atoms with E-state index in [9.17, 15) is 9.90 Å².